The van der Waals surface area contributed by atoms with Crippen LogP contribution in [0.5, 0.6) is 0 Å². The van der Waals surface area contributed by atoms with Crippen LogP contribution in [0.15, 0.2) is 24.3 Å². The molecule has 1 fully saturated rings. The summed E-state index contributed by atoms with van der Waals surface area (Å²) in [5.41, 5.74) is 1.21. The quantitative estimate of drug-likeness (QED) is 0.856. The highest BCUT2D eigenvalue weighted by molar-refractivity contribution is 6.31. The fraction of sp³-hybridized carbons (Fsp3) is 0.571. The summed E-state index contributed by atoms with van der Waals surface area (Å²) >= 11 is 6.17. The van der Waals surface area contributed by atoms with Crippen molar-refractivity contribution in [1.29, 1.82) is 0 Å². The molecule has 0 spiro atoms. The van der Waals surface area contributed by atoms with E-state index in [1.807, 2.05) is 18.2 Å². The molecule has 3 nitrogen and oxygen atoms in total. The molecule has 0 saturated carbocycles. The summed E-state index contributed by atoms with van der Waals surface area (Å²) in [6.45, 7) is 4.05. The number of halogens is 1. The minimum Gasteiger partial charge on any atom is -0.395 e. The zero-order chi connectivity index (χ0) is 12.8. The van der Waals surface area contributed by atoms with E-state index >= 15 is 0 Å². The molecule has 100 valence electrons. The predicted octanol–water partition coefficient (Wildman–Crippen LogP) is 1.89. The van der Waals surface area contributed by atoms with Crippen molar-refractivity contribution in [2.24, 2.45) is 0 Å². The predicted molar refractivity (Wildman–Crippen MR) is 74.8 cm³/mol. The van der Waals surface area contributed by atoms with E-state index in [0.717, 1.165) is 37.5 Å². The number of nitrogens with zero attached hydrogens (tertiary/aromatic N) is 1. The topological polar surface area (TPSA) is 35.5 Å². The van der Waals surface area contributed by atoms with E-state index < -0.39 is 0 Å². The van der Waals surface area contributed by atoms with E-state index in [2.05, 4.69) is 16.3 Å². The molecular formula is C14H21ClN2O. The molecule has 4 heteroatoms. The number of rotatable bonds is 5. The van der Waals surface area contributed by atoms with Crippen LogP contribution in [0.1, 0.15) is 18.4 Å². The largest absolute Gasteiger partial charge is 0.395 e. The summed E-state index contributed by atoms with van der Waals surface area (Å²) < 4.78 is 0. The van der Waals surface area contributed by atoms with Crippen LogP contribution < -0.4 is 5.32 Å². The fourth-order valence-electron chi connectivity index (χ4n) is 2.43. The van der Waals surface area contributed by atoms with E-state index in [-0.39, 0.29) is 6.61 Å². The van der Waals surface area contributed by atoms with Gasteiger partial charge in [0.2, 0.25) is 0 Å². The molecular weight excluding hydrogens is 248 g/mol. The first-order valence-electron chi connectivity index (χ1n) is 6.59. The lowest BCUT2D eigenvalue weighted by atomic mass is 10.0. The zero-order valence-electron chi connectivity index (χ0n) is 10.6. The van der Waals surface area contributed by atoms with Gasteiger partial charge in [-0.25, -0.2) is 0 Å². The highest BCUT2D eigenvalue weighted by Crippen LogP contribution is 2.19. The number of hydrogen-bond acceptors (Lipinski definition) is 3. The normalized spacial score (nSPS) is 18.1. The highest BCUT2D eigenvalue weighted by Gasteiger charge is 2.18. The van der Waals surface area contributed by atoms with Gasteiger partial charge in [-0.3, -0.25) is 4.90 Å². The minimum absolute atomic E-state index is 0.222. The van der Waals surface area contributed by atoms with Gasteiger partial charge in [-0.1, -0.05) is 29.8 Å². The smallest absolute Gasteiger partial charge is 0.0556 e. The van der Waals surface area contributed by atoms with Crippen LogP contribution in [0.25, 0.3) is 0 Å². The van der Waals surface area contributed by atoms with Gasteiger partial charge in [0.25, 0.3) is 0 Å². The number of nitrogens with one attached hydrogen (secondary N) is 1. The van der Waals surface area contributed by atoms with Crippen molar-refractivity contribution in [2.75, 3.05) is 26.2 Å². The second-order valence-corrected chi connectivity index (χ2v) is 5.23. The third-order valence-corrected chi connectivity index (χ3v) is 3.85. The van der Waals surface area contributed by atoms with Crippen molar-refractivity contribution in [1.82, 2.24) is 10.2 Å². The Balaban J connectivity index is 1.78. The van der Waals surface area contributed by atoms with Crippen LogP contribution in [-0.2, 0) is 6.54 Å². The number of aliphatic hydroxyl groups excluding tert-OH is 1. The van der Waals surface area contributed by atoms with Crippen LogP contribution in [0, 0.1) is 0 Å². The van der Waals surface area contributed by atoms with Gasteiger partial charge in [0, 0.05) is 24.2 Å². The Morgan fingerprint density at radius 3 is 2.67 bits per heavy atom. The van der Waals surface area contributed by atoms with Gasteiger partial charge in [0.15, 0.2) is 0 Å². The molecule has 0 atom stereocenters. The molecule has 1 heterocycles. The van der Waals surface area contributed by atoms with Crippen LogP contribution >= 0.6 is 11.6 Å². The minimum atomic E-state index is 0.222. The summed E-state index contributed by atoms with van der Waals surface area (Å²) in [7, 11) is 0. The highest BCUT2D eigenvalue weighted by atomic mass is 35.5. The van der Waals surface area contributed by atoms with Gasteiger partial charge in [-0.2, -0.15) is 0 Å². The Bertz CT molecular complexity index is 365. The first-order valence-corrected chi connectivity index (χ1v) is 6.97. The van der Waals surface area contributed by atoms with Gasteiger partial charge < -0.3 is 10.4 Å². The molecule has 1 aliphatic rings. The van der Waals surface area contributed by atoms with Crippen LogP contribution in [-0.4, -0.2) is 42.3 Å². The van der Waals surface area contributed by atoms with Gasteiger partial charge in [-0.15, -0.1) is 0 Å². The second kappa shape index (κ2) is 7.10. The Hall–Kier alpha value is -0.610. The van der Waals surface area contributed by atoms with E-state index in [4.69, 9.17) is 16.7 Å². The van der Waals surface area contributed by atoms with Crippen molar-refractivity contribution >= 4 is 11.6 Å². The second-order valence-electron chi connectivity index (χ2n) is 4.82. The maximum absolute atomic E-state index is 8.79. The number of benzene rings is 1. The fourth-order valence-corrected chi connectivity index (χ4v) is 2.63. The summed E-state index contributed by atoms with van der Waals surface area (Å²) in [4.78, 5) is 2.44. The molecule has 0 bridgehead atoms. The SMILES string of the molecule is OCCNC1CCN(Cc2ccccc2Cl)CC1. The average Bonchev–Trinajstić information content (AvgIpc) is 2.41. The van der Waals surface area contributed by atoms with E-state index in [0.29, 0.717) is 12.6 Å². The molecule has 0 aliphatic carbocycles. The lowest BCUT2D eigenvalue weighted by molar-refractivity contribution is 0.184. The molecule has 2 rings (SSSR count). The van der Waals surface area contributed by atoms with Crippen LogP contribution in [0.4, 0.5) is 0 Å². The maximum atomic E-state index is 8.79. The van der Waals surface area contributed by atoms with E-state index in [1.54, 1.807) is 0 Å². The molecule has 1 saturated heterocycles. The van der Waals surface area contributed by atoms with Crippen molar-refractivity contribution in [2.45, 2.75) is 25.4 Å². The standard InChI is InChI=1S/C14H21ClN2O/c15-14-4-2-1-3-12(14)11-17-8-5-13(6-9-17)16-7-10-18/h1-4,13,16,18H,5-11H2. The lowest BCUT2D eigenvalue weighted by Crippen LogP contribution is -2.42. The van der Waals surface area contributed by atoms with Gasteiger partial charge in [-0.05, 0) is 37.6 Å². The van der Waals surface area contributed by atoms with Crippen molar-refractivity contribution < 1.29 is 5.11 Å². The van der Waals surface area contributed by atoms with Gasteiger partial charge in [0.1, 0.15) is 0 Å². The average molecular weight is 269 g/mol. The van der Waals surface area contributed by atoms with Crippen molar-refractivity contribution in [3.63, 3.8) is 0 Å². The lowest BCUT2D eigenvalue weighted by Gasteiger charge is -2.32. The molecule has 2 N–H and O–H groups in total. The number of aliphatic hydroxyl groups is 1. The molecule has 1 aliphatic heterocycles. The molecule has 0 amide bonds. The Morgan fingerprint density at radius 2 is 2.00 bits per heavy atom. The third-order valence-electron chi connectivity index (χ3n) is 3.48. The monoisotopic (exact) mass is 268 g/mol. The van der Waals surface area contributed by atoms with Gasteiger partial charge in [0.05, 0.1) is 6.61 Å². The summed E-state index contributed by atoms with van der Waals surface area (Å²) in [6, 6.07) is 8.61. The maximum Gasteiger partial charge on any atom is 0.0556 e. The summed E-state index contributed by atoms with van der Waals surface area (Å²) in [5.74, 6) is 0. The molecule has 18 heavy (non-hydrogen) atoms. The van der Waals surface area contributed by atoms with Crippen LogP contribution in [0.2, 0.25) is 5.02 Å². The molecule has 1 aromatic rings. The Kier molecular flexibility index (Phi) is 5.45. The van der Waals surface area contributed by atoms with E-state index in [1.165, 1.54) is 5.56 Å². The molecule has 0 radical (unpaired) electrons. The van der Waals surface area contributed by atoms with Crippen molar-refractivity contribution in [3.8, 4) is 0 Å². The molecule has 0 unspecified atom stereocenters. The van der Waals surface area contributed by atoms with Gasteiger partial charge >= 0.3 is 0 Å². The third kappa shape index (κ3) is 3.95. The van der Waals surface area contributed by atoms with Crippen LogP contribution in [0.3, 0.4) is 0 Å². The first kappa shape index (κ1) is 13.8. The number of piperidine rings is 1. The first-order chi connectivity index (χ1) is 8.79. The molecule has 1 aromatic carbocycles. The summed E-state index contributed by atoms with van der Waals surface area (Å²) in [6.07, 6.45) is 2.29. The van der Waals surface area contributed by atoms with E-state index in [9.17, 15) is 0 Å². The Morgan fingerprint density at radius 1 is 1.28 bits per heavy atom. The number of likely N-dealkylation sites (tertiary alicyclic amines) is 1. The van der Waals surface area contributed by atoms with Crippen molar-refractivity contribution in [3.05, 3.63) is 34.9 Å². The summed E-state index contributed by atoms with van der Waals surface area (Å²) in [5, 5.41) is 13.0. The number of hydrogen-bond donors (Lipinski definition) is 2. The zero-order valence-corrected chi connectivity index (χ0v) is 11.4. The molecule has 0 aromatic heterocycles. The Labute approximate surface area is 114 Å².